The summed E-state index contributed by atoms with van der Waals surface area (Å²) in [6.45, 7) is 6.39. The van der Waals surface area contributed by atoms with Gasteiger partial charge in [-0.1, -0.05) is 37.6 Å². The van der Waals surface area contributed by atoms with Crippen molar-refractivity contribution < 1.29 is 13.2 Å². The molecule has 1 heterocycles. The molecule has 27 heavy (non-hydrogen) atoms. The maximum absolute atomic E-state index is 12.7. The molecule has 0 aliphatic carbocycles. The minimum atomic E-state index is -3.63. The van der Waals surface area contributed by atoms with Crippen LogP contribution in [0.5, 0.6) is 0 Å². The molecule has 1 aliphatic rings. The van der Waals surface area contributed by atoms with E-state index in [1.807, 2.05) is 26.0 Å². The molecule has 0 saturated heterocycles. The van der Waals surface area contributed by atoms with Gasteiger partial charge in [0.15, 0.2) is 0 Å². The van der Waals surface area contributed by atoms with Crippen molar-refractivity contribution in [3.05, 3.63) is 58.6 Å². The number of anilines is 1. The zero-order valence-electron chi connectivity index (χ0n) is 15.6. The third-order valence-electron chi connectivity index (χ3n) is 4.85. The van der Waals surface area contributed by atoms with Crippen LogP contribution in [0.25, 0.3) is 0 Å². The van der Waals surface area contributed by atoms with Crippen LogP contribution in [0.3, 0.4) is 0 Å². The predicted octanol–water partition coefficient (Wildman–Crippen LogP) is 3.51. The molecule has 0 atom stereocenters. The first-order valence-corrected chi connectivity index (χ1v) is 10.6. The van der Waals surface area contributed by atoms with Gasteiger partial charge < -0.3 is 4.90 Å². The second-order valence-electron chi connectivity index (χ2n) is 7.44. The fraction of sp³-hybridized carbons (Fsp3) is 0.350. The molecule has 0 aromatic heterocycles. The molecule has 144 valence electrons. The molecule has 0 spiro atoms. The minimum absolute atomic E-state index is 0.0430. The van der Waals surface area contributed by atoms with Crippen LogP contribution in [0.2, 0.25) is 5.02 Å². The van der Waals surface area contributed by atoms with E-state index in [0.717, 1.165) is 16.8 Å². The van der Waals surface area contributed by atoms with Crippen molar-refractivity contribution in [2.45, 2.75) is 37.5 Å². The number of halogens is 1. The van der Waals surface area contributed by atoms with E-state index >= 15 is 0 Å². The summed E-state index contributed by atoms with van der Waals surface area (Å²) in [6.07, 6.45) is 0.574. The van der Waals surface area contributed by atoms with Gasteiger partial charge in [0.2, 0.25) is 15.9 Å². The Kier molecular flexibility index (Phi) is 5.34. The molecule has 3 rings (SSSR count). The van der Waals surface area contributed by atoms with Crippen molar-refractivity contribution in [2.24, 2.45) is 0 Å². The highest BCUT2D eigenvalue weighted by molar-refractivity contribution is 7.89. The molecule has 0 radical (unpaired) electrons. The Bertz CT molecular complexity index is 969. The van der Waals surface area contributed by atoms with Crippen LogP contribution in [0.1, 0.15) is 31.9 Å². The van der Waals surface area contributed by atoms with Crippen LogP contribution < -0.4 is 9.62 Å². The van der Waals surface area contributed by atoms with Crippen molar-refractivity contribution >= 4 is 33.2 Å². The Labute approximate surface area is 165 Å². The largest absolute Gasteiger partial charge is 0.311 e. The molecule has 0 bridgehead atoms. The SMILES string of the molecule is CC(=O)N1CC(C)(C)c2cc(S(=O)(=O)NCCc3ccc(Cl)cc3)ccc21. The highest BCUT2D eigenvalue weighted by atomic mass is 35.5. The smallest absolute Gasteiger partial charge is 0.240 e. The predicted molar refractivity (Wildman–Crippen MR) is 108 cm³/mol. The summed E-state index contributed by atoms with van der Waals surface area (Å²) in [5, 5.41) is 0.652. The van der Waals surface area contributed by atoms with Gasteiger partial charge >= 0.3 is 0 Å². The zero-order valence-corrected chi connectivity index (χ0v) is 17.2. The molecular formula is C20H23ClN2O3S. The normalized spacial score (nSPS) is 15.6. The molecular weight excluding hydrogens is 384 g/mol. The molecule has 0 saturated carbocycles. The van der Waals surface area contributed by atoms with Gasteiger partial charge in [0.05, 0.1) is 4.90 Å². The van der Waals surface area contributed by atoms with Crippen molar-refractivity contribution in [1.82, 2.24) is 4.72 Å². The molecule has 1 N–H and O–H groups in total. The standard InChI is InChI=1S/C20H23ClN2O3S/c1-14(24)23-13-20(2,3)18-12-17(8-9-19(18)23)27(25,26)22-11-10-15-4-6-16(21)7-5-15/h4-9,12,22H,10-11,13H2,1-3H3. The summed E-state index contributed by atoms with van der Waals surface area (Å²) in [5.41, 5.74) is 2.37. The molecule has 7 heteroatoms. The number of fused-ring (bicyclic) bond motifs is 1. The number of carbonyl (C=O) groups excluding carboxylic acids is 1. The van der Waals surface area contributed by atoms with E-state index in [-0.39, 0.29) is 16.2 Å². The summed E-state index contributed by atoms with van der Waals surface area (Å²) < 4.78 is 28.0. The zero-order chi connectivity index (χ0) is 19.8. The van der Waals surface area contributed by atoms with Gasteiger partial charge in [-0.25, -0.2) is 13.1 Å². The molecule has 0 unspecified atom stereocenters. The fourth-order valence-electron chi connectivity index (χ4n) is 3.37. The van der Waals surface area contributed by atoms with Crippen LogP contribution >= 0.6 is 11.6 Å². The van der Waals surface area contributed by atoms with Gasteiger partial charge in [-0.3, -0.25) is 4.79 Å². The Hall–Kier alpha value is -1.89. The number of hydrogen-bond donors (Lipinski definition) is 1. The highest BCUT2D eigenvalue weighted by Crippen LogP contribution is 2.41. The van der Waals surface area contributed by atoms with Crippen LogP contribution in [-0.4, -0.2) is 27.4 Å². The third-order valence-corrected chi connectivity index (χ3v) is 6.56. The molecule has 2 aromatic rings. The second kappa shape index (κ2) is 7.26. The number of rotatable bonds is 5. The van der Waals surface area contributed by atoms with E-state index in [2.05, 4.69) is 4.72 Å². The van der Waals surface area contributed by atoms with E-state index in [1.54, 1.807) is 35.2 Å². The first-order valence-electron chi connectivity index (χ1n) is 8.77. The average molecular weight is 407 g/mol. The molecule has 1 aliphatic heterocycles. The maximum Gasteiger partial charge on any atom is 0.240 e. The van der Waals surface area contributed by atoms with Crippen LogP contribution in [-0.2, 0) is 26.7 Å². The lowest BCUT2D eigenvalue weighted by atomic mass is 9.87. The molecule has 1 amide bonds. The summed E-state index contributed by atoms with van der Waals surface area (Å²) in [6, 6.07) is 12.3. The van der Waals surface area contributed by atoms with E-state index < -0.39 is 10.0 Å². The van der Waals surface area contributed by atoms with E-state index in [9.17, 15) is 13.2 Å². The van der Waals surface area contributed by atoms with E-state index in [1.165, 1.54) is 6.92 Å². The Balaban J connectivity index is 1.77. The minimum Gasteiger partial charge on any atom is -0.311 e. The lowest BCUT2D eigenvalue weighted by molar-refractivity contribution is -0.116. The average Bonchev–Trinajstić information content (AvgIpc) is 2.88. The Morgan fingerprint density at radius 3 is 2.48 bits per heavy atom. The summed E-state index contributed by atoms with van der Waals surface area (Å²) in [4.78, 5) is 13.8. The lowest BCUT2D eigenvalue weighted by Gasteiger charge is -2.19. The highest BCUT2D eigenvalue weighted by Gasteiger charge is 2.37. The van der Waals surface area contributed by atoms with Crippen molar-refractivity contribution in [3.63, 3.8) is 0 Å². The molecule has 5 nitrogen and oxygen atoms in total. The van der Waals surface area contributed by atoms with Gasteiger partial charge in [0.25, 0.3) is 0 Å². The first-order chi connectivity index (χ1) is 12.6. The van der Waals surface area contributed by atoms with E-state index in [4.69, 9.17) is 11.6 Å². The number of nitrogens with one attached hydrogen (secondary N) is 1. The lowest BCUT2D eigenvalue weighted by Crippen LogP contribution is -2.31. The van der Waals surface area contributed by atoms with Crippen molar-refractivity contribution in [2.75, 3.05) is 18.0 Å². The quantitative estimate of drug-likeness (QED) is 0.826. The summed E-state index contributed by atoms with van der Waals surface area (Å²) >= 11 is 5.86. The van der Waals surface area contributed by atoms with Crippen LogP contribution in [0.15, 0.2) is 47.4 Å². The maximum atomic E-state index is 12.7. The summed E-state index contributed by atoms with van der Waals surface area (Å²) in [7, 11) is -3.63. The number of benzene rings is 2. The van der Waals surface area contributed by atoms with Gasteiger partial charge in [0, 0.05) is 36.1 Å². The van der Waals surface area contributed by atoms with Crippen LogP contribution in [0, 0.1) is 0 Å². The molecule has 2 aromatic carbocycles. The number of hydrogen-bond acceptors (Lipinski definition) is 3. The van der Waals surface area contributed by atoms with Gasteiger partial charge in [0.1, 0.15) is 0 Å². The number of amides is 1. The molecule has 0 fully saturated rings. The van der Waals surface area contributed by atoms with Gasteiger partial charge in [-0.15, -0.1) is 0 Å². The topological polar surface area (TPSA) is 66.5 Å². The number of sulfonamides is 1. The van der Waals surface area contributed by atoms with Gasteiger partial charge in [-0.05, 0) is 47.9 Å². The first kappa shape index (κ1) is 19.9. The van der Waals surface area contributed by atoms with Gasteiger partial charge in [-0.2, -0.15) is 0 Å². The number of nitrogens with zero attached hydrogens (tertiary/aromatic N) is 1. The van der Waals surface area contributed by atoms with Crippen LogP contribution in [0.4, 0.5) is 5.69 Å². The third kappa shape index (κ3) is 4.18. The fourth-order valence-corrected chi connectivity index (χ4v) is 4.55. The van der Waals surface area contributed by atoms with E-state index in [0.29, 0.717) is 24.5 Å². The summed E-state index contributed by atoms with van der Waals surface area (Å²) in [5.74, 6) is -0.0430. The second-order valence-corrected chi connectivity index (χ2v) is 9.65. The Morgan fingerprint density at radius 2 is 1.85 bits per heavy atom. The monoisotopic (exact) mass is 406 g/mol. The van der Waals surface area contributed by atoms with Crippen molar-refractivity contribution in [1.29, 1.82) is 0 Å². The number of carbonyl (C=O) groups is 1. The van der Waals surface area contributed by atoms with Crippen molar-refractivity contribution in [3.8, 4) is 0 Å². The Morgan fingerprint density at radius 1 is 1.19 bits per heavy atom.